The molecule has 0 N–H and O–H groups in total. The molecule has 2 heterocycles. The lowest BCUT2D eigenvalue weighted by Crippen LogP contribution is -2.38. The van der Waals surface area contributed by atoms with Crippen LogP contribution in [0, 0.1) is 0 Å². The smallest absolute Gasteiger partial charge is 0.331 e. The minimum atomic E-state index is -0.327. The fourth-order valence-corrected chi connectivity index (χ4v) is 1.88. The first kappa shape index (κ1) is 11.9. The van der Waals surface area contributed by atoms with Crippen LogP contribution in [0.1, 0.15) is 12.7 Å². The molecule has 5 nitrogen and oxygen atoms in total. The van der Waals surface area contributed by atoms with Crippen molar-refractivity contribution in [2.45, 2.75) is 20.0 Å². The molecule has 0 spiro atoms. The number of nitrogens with zero attached hydrogens (tertiary/aromatic N) is 2. The van der Waals surface area contributed by atoms with E-state index in [4.69, 9.17) is 4.42 Å². The molecule has 90 valence electrons. The summed E-state index contributed by atoms with van der Waals surface area (Å²) >= 11 is 3.17. The highest BCUT2D eigenvalue weighted by molar-refractivity contribution is 9.10. The Balaban J connectivity index is 2.45. The van der Waals surface area contributed by atoms with Crippen molar-refractivity contribution in [1.29, 1.82) is 0 Å². The quantitative estimate of drug-likeness (QED) is 0.861. The molecule has 2 rings (SSSR count). The standard InChI is InChI=1S/C11H11BrN2O3/c1-2-13-6-5-10(15)14(11(13)16)7-8-3-4-9(12)17-8/h3-6H,2,7H2,1H3. The van der Waals surface area contributed by atoms with Crippen LogP contribution in [0.15, 0.2) is 43.1 Å². The van der Waals surface area contributed by atoms with Gasteiger partial charge in [0, 0.05) is 18.8 Å². The molecule has 0 fully saturated rings. The molecule has 0 saturated heterocycles. The molecule has 0 aliphatic heterocycles. The van der Waals surface area contributed by atoms with Gasteiger partial charge < -0.3 is 8.98 Å². The molecule has 2 aromatic rings. The highest BCUT2D eigenvalue weighted by atomic mass is 79.9. The van der Waals surface area contributed by atoms with Crippen LogP contribution in [0.4, 0.5) is 0 Å². The summed E-state index contributed by atoms with van der Waals surface area (Å²) in [5, 5.41) is 0. The molecular weight excluding hydrogens is 288 g/mol. The lowest BCUT2D eigenvalue weighted by molar-refractivity contribution is 0.459. The van der Waals surface area contributed by atoms with Crippen LogP contribution in [0.2, 0.25) is 0 Å². The van der Waals surface area contributed by atoms with Crippen LogP contribution in [-0.2, 0) is 13.1 Å². The minimum absolute atomic E-state index is 0.143. The van der Waals surface area contributed by atoms with Gasteiger partial charge in [-0.05, 0) is 35.0 Å². The van der Waals surface area contributed by atoms with Crippen molar-refractivity contribution in [3.05, 3.63) is 55.7 Å². The van der Waals surface area contributed by atoms with E-state index in [9.17, 15) is 9.59 Å². The average Bonchev–Trinajstić information content (AvgIpc) is 2.70. The van der Waals surface area contributed by atoms with Gasteiger partial charge in [-0.3, -0.25) is 9.36 Å². The fraction of sp³-hybridized carbons (Fsp3) is 0.273. The second kappa shape index (κ2) is 4.75. The van der Waals surface area contributed by atoms with Crippen LogP contribution >= 0.6 is 15.9 Å². The van der Waals surface area contributed by atoms with Gasteiger partial charge in [0.15, 0.2) is 4.67 Å². The van der Waals surface area contributed by atoms with E-state index in [-0.39, 0.29) is 17.8 Å². The van der Waals surface area contributed by atoms with E-state index < -0.39 is 0 Å². The Hall–Kier alpha value is -1.56. The molecule has 0 radical (unpaired) electrons. The molecule has 0 bridgehead atoms. The molecule has 6 heteroatoms. The van der Waals surface area contributed by atoms with Crippen LogP contribution < -0.4 is 11.2 Å². The van der Waals surface area contributed by atoms with Crippen LogP contribution in [-0.4, -0.2) is 9.13 Å². The van der Waals surface area contributed by atoms with Gasteiger partial charge in [0.25, 0.3) is 5.56 Å². The molecule has 0 aliphatic carbocycles. The van der Waals surface area contributed by atoms with Crippen molar-refractivity contribution in [2.24, 2.45) is 0 Å². The van der Waals surface area contributed by atoms with Crippen LogP contribution in [0.25, 0.3) is 0 Å². The van der Waals surface area contributed by atoms with Gasteiger partial charge in [-0.2, -0.15) is 0 Å². The van der Waals surface area contributed by atoms with Crippen molar-refractivity contribution >= 4 is 15.9 Å². The summed E-state index contributed by atoms with van der Waals surface area (Å²) < 4.78 is 8.48. The molecule has 0 aromatic carbocycles. The topological polar surface area (TPSA) is 57.1 Å². The van der Waals surface area contributed by atoms with Gasteiger partial charge in [-0.15, -0.1) is 0 Å². The predicted octanol–water partition coefficient (Wildman–Crippen LogP) is 1.43. The molecular formula is C11H11BrN2O3. The van der Waals surface area contributed by atoms with E-state index in [1.165, 1.54) is 16.8 Å². The minimum Gasteiger partial charge on any atom is -0.452 e. The summed E-state index contributed by atoms with van der Waals surface area (Å²) in [6.45, 7) is 2.52. The van der Waals surface area contributed by atoms with E-state index in [1.807, 2.05) is 6.92 Å². The van der Waals surface area contributed by atoms with E-state index in [0.717, 1.165) is 4.57 Å². The second-order valence-electron chi connectivity index (χ2n) is 3.51. The Morgan fingerprint density at radius 3 is 2.65 bits per heavy atom. The van der Waals surface area contributed by atoms with Crippen molar-refractivity contribution in [1.82, 2.24) is 9.13 Å². The van der Waals surface area contributed by atoms with Gasteiger partial charge in [0.2, 0.25) is 0 Å². The molecule has 0 aliphatic rings. The van der Waals surface area contributed by atoms with Crippen molar-refractivity contribution in [3.8, 4) is 0 Å². The van der Waals surface area contributed by atoms with Crippen molar-refractivity contribution in [2.75, 3.05) is 0 Å². The Kier molecular flexibility index (Phi) is 3.33. The Morgan fingerprint density at radius 2 is 2.06 bits per heavy atom. The first-order valence-electron chi connectivity index (χ1n) is 5.16. The predicted molar refractivity (Wildman–Crippen MR) is 66.1 cm³/mol. The summed E-state index contributed by atoms with van der Waals surface area (Å²) in [6.07, 6.45) is 1.50. The third-order valence-electron chi connectivity index (χ3n) is 2.42. The maximum absolute atomic E-state index is 11.9. The van der Waals surface area contributed by atoms with Gasteiger partial charge >= 0.3 is 5.69 Å². The van der Waals surface area contributed by atoms with Crippen LogP contribution in [0.5, 0.6) is 0 Å². The molecule has 17 heavy (non-hydrogen) atoms. The molecule has 2 aromatic heterocycles. The van der Waals surface area contributed by atoms with Gasteiger partial charge in [0.1, 0.15) is 5.76 Å². The molecule has 0 unspecified atom stereocenters. The Labute approximate surface area is 105 Å². The number of aryl methyl sites for hydroxylation is 1. The van der Waals surface area contributed by atoms with E-state index in [1.54, 1.807) is 12.1 Å². The first-order chi connectivity index (χ1) is 8.11. The maximum atomic E-state index is 11.9. The highest BCUT2D eigenvalue weighted by Gasteiger charge is 2.07. The molecule has 0 amide bonds. The Morgan fingerprint density at radius 1 is 1.29 bits per heavy atom. The summed E-state index contributed by atoms with van der Waals surface area (Å²) in [7, 11) is 0. The zero-order chi connectivity index (χ0) is 12.4. The van der Waals surface area contributed by atoms with Crippen molar-refractivity contribution in [3.63, 3.8) is 0 Å². The zero-order valence-corrected chi connectivity index (χ0v) is 10.8. The highest BCUT2D eigenvalue weighted by Crippen LogP contribution is 2.13. The second-order valence-corrected chi connectivity index (χ2v) is 4.30. The van der Waals surface area contributed by atoms with Gasteiger partial charge in [0.05, 0.1) is 6.54 Å². The van der Waals surface area contributed by atoms with E-state index in [2.05, 4.69) is 15.9 Å². The third kappa shape index (κ3) is 2.41. The number of hydrogen-bond donors (Lipinski definition) is 0. The first-order valence-corrected chi connectivity index (χ1v) is 5.95. The maximum Gasteiger partial charge on any atom is 0.331 e. The summed E-state index contributed by atoms with van der Waals surface area (Å²) in [5.41, 5.74) is -0.653. The number of furan rings is 1. The molecule has 0 saturated carbocycles. The van der Waals surface area contributed by atoms with Crippen molar-refractivity contribution < 1.29 is 4.42 Å². The third-order valence-corrected chi connectivity index (χ3v) is 2.85. The van der Waals surface area contributed by atoms with Gasteiger partial charge in [-0.25, -0.2) is 4.79 Å². The monoisotopic (exact) mass is 298 g/mol. The number of aromatic nitrogens is 2. The largest absolute Gasteiger partial charge is 0.452 e. The van der Waals surface area contributed by atoms with Crippen LogP contribution in [0.3, 0.4) is 0 Å². The normalized spacial score (nSPS) is 10.7. The van der Waals surface area contributed by atoms with E-state index >= 15 is 0 Å². The summed E-state index contributed by atoms with van der Waals surface area (Å²) in [5.74, 6) is 0.560. The lowest BCUT2D eigenvalue weighted by Gasteiger charge is -2.06. The average molecular weight is 299 g/mol. The number of rotatable bonds is 3. The fourth-order valence-electron chi connectivity index (χ4n) is 1.54. The SMILES string of the molecule is CCn1ccc(=O)n(Cc2ccc(Br)o2)c1=O. The number of halogens is 1. The van der Waals surface area contributed by atoms with E-state index in [0.29, 0.717) is 17.0 Å². The zero-order valence-electron chi connectivity index (χ0n) is 9.22. The number of hydrogen-bond acceptors (Lipinski definition) is 3. The summed E-state index contributed by atoms with van der Waals surface area (Å²) in [6, 6.07) is 4.82. The van der Waals surface area contributed by atoms with Gasteiger partial charge in [-0.1, -0.05) is 0 Å². The lowest BCUT2D eigenvalue weighted by atomic mass is 10.4. The summed E-state index contributed by atoms with van der Waals surface area (Å²) in [4.78, 5) is 23.5. The Bertz CT molecular complexity index is 639. The molecule has 0 atom stereocenters.